The summed E-state index contributed by atoms with van der Waals surface area (Å²) in [6.45, 7) is 0.0650. The van der Waals surface area contributed by atoms with Crippen molar-refractivity contribution in [1.29, 1.82) is 0 Å². The Balaban J connectivity index is 2.24. The molecule has 3 atom stereocenters. The number of thioether (sulfide) groups is 1. The van der Waals surface area contributed by atoms with Gasteiger partial charge in [-0.25, -0.2) is 0 Å². The molecule has 2 aliphatic heterocycles. The summed E-state index contributed by atoms with van der Waals surface area (Å²) in [5.74, 6) is -0.976. The predicted molar refractivity (Wildman–Crippen MR) is 65.8 cm³/mol. The van der Waals surface area contributed by atoms with E-state index in [0.717, 1.165) is 0 Å². The lowest BCUT2D eigenvalue weighted by Gasteiger charge is -2.52. The van der Waals surface area contributed by atoms with Gasteiger partial charge in [0.15, 0.2) is 0 Å². The molecular formula is C9H10Cl2N2O3S. The maximum Gasteiger partial charge on any atom is 0.316 e. The fraction of sp³-hybridized carbons (Fsp3) is 0.556. The van der Waals surface area contributed by atoms with Crippen molar-refractivity contribution in [1.82, 2.24) is 4.90 Å². The fourth-order valence-corrected chi connectivity index (χ4v) is 3.85. The van der Waals surface area contributed by atoms with Crippen molar-refractivity contribution >= 4 is 46.8 Å². The van der Waals surface area contributed by atoms with Crippen molar-refractivity contribution in [2.45, 2.75) is 11.4 Å². The van der Waals surface area contributed by atoms with Gasteiger partial charge >= 0.3 is 5.97 Å². The molecule has 2 heterocycles. The van der Waals surface area contributed by atoms with Crippen molar-refractivity contribution < 1.29 is 14.7 Å². The number of nitrogens with two attached hydrogens (primary N) is 1. The van der Waals surface area contributed by atoms with E-state index in [0.29, 0.717) is 5.75 Å². The van der Waals surface area contributed by atoms with Gasteiger partial charge in [-0.3, -0.25) is 9.59 Å². The average molecular weight is 297 g/mol. The van der Waals surface area contributed by atoms with Gasteiger partial charge in [0.1, 0.15) is 21.3 Å². The van der Waals surface area contributed by atoms with Crippen LogP contribution in [0.1, 0.15) is 0 Å². The molecule has 0 bridgehead atoms. The molecule has 17 heavy (non-hydrogen) atoms. The largest absolute Gasteiger partial charge is 0.481 e. The molecular weight excluding hydrogens is 287 g/mol. The van der Waals surface area contributed by atoms with Crippen LogP contribution < -0.4 is 5.73 Å². The first-order valence-corrected chi connectivity index (χ1v) is 6.63. The van der Waals surface area contributed by atoms with Crippen LogP contribution in [0.4, 0.5) is 0 Å². The van der Waals surface area contributed by atoms with Gasteiger partial charge < -0.3 is 15.7 Å². The van der Waals surface area contributed by atoms with E-state index in [1.54, 1.807) is 0 Å². The van der Waals surface area contributed by atoms with E-state index < -0.39 is 17.4 Å². The quantitative estimate of drug-likeness (QED) is 0.730. The first-order valence-electron chi connectivity index (χ1n) is 4.82. The molecule has 2 fully saturated rings. The fourth-order valence-electron chi connectivity index (χ4n) is 1.98. The Bertz CT molecular complexity index is 413. The second-order valence-corrected chi connectivity index (χ2v) is 6.20. The van der Waals surface area contributed by atoms with Gasteiger partial charge in [-0.2, -0.15) is 0 Å². The third-order valence-corrected chi connectivity index (χ3v) is 4.75. The number of fused-ring (bicyclic) bond motifs is 1. The van der Waals surface area contributed by atoms with Crippen LogP contribution in [0.2, 0.25) is 0 Å². The average Bonchev–Trinajstić information content (AvgIpc) is 2.26. The number of hydrogen-bond donors (Lipinski definition) is 2. The van der Waals surface area contributed by atoms with Gasteiger partial charge in [0, 0.05) is 12.3 Å². The molecule has 0 radical (unpaired) electrons. The van der Waals surface area contributed by atoms with Gasteiger partial charge in [-0.15, -0.1) is 11.8 Å². The molecule has 2 rings (SSSR count). The number of carboxylic acid groups (broad SMARTS) is 1. The minimum absolute atomic E-state index is 0.0650. The highest BCUT2D eigenvalue weighted by Crippen LogP contribution is 2.43. The van der Waals surface area contributed by atoms with Gasteiger partial charge in [0.25, 0.3) is 0 Å². The number of nitrogens with zero attached hydrogens (tertiary/aromatic N) is 1. The number of carboxylic acids is 1. The number of carbonyl (C=O) groups excluding carboxylic acids is 1. The molecule has 2 aliphatic rings. The molecule has 5 nitrogen and oxygen atoms in total. The normalized spacial score (nSPS) is 35.9. The number of β-lactam (4-membered cyclic amide) rings is 1. The zero-order valence-electron chi connectivity index (χ0n) is 8.60. The minimum atomic E-state index is -1.23. The summed E-state index contributed by atoms with van der Waals surface area (Å²) in [5.41, 5.74) is 4.39. The van der Waals surface area contributed by atoms with Crippen LogP contribution in [0, 0.1) is 5.41 Å². The second-order valence-electron chi connectivity index (χ2n) is 4.09. The number of rotatable bonds is 2. The number of halogens is 2. The summed E-state index contributed by atoms with van der Waals surface area (Å²) in [6.07, 6.45) is 1.28. The standard InChI is InChI=1S/C9H10Cl2N2O3S/c10-4(11)1-9(8(15)16)2-13-6(14)5(12)7(13)17-3-9/h1,5,7H,2-3,12H2,(H,15,16)/t5?,7-,9?/m1/s1. The van der Waals surface area contributed by atoms with Crippen LogP contribution in [-0.2, 0) is 9.59 Å². The van der Waals surface area contributed by atoms with Crippen molar-refractivity contribution in [3.63, 3.8) is 0 Å². The second kappa shape index (κ2) is 4.35. The van der Waals surface area contributed by atoms with E-state index >= 15 is 0 Å². The van der Waals surface area contributed by atoms with Crippen LogP contribution in [0.5, 0.6) is 0 Å². The van der Waals surface area contributed by atoms with E-state index in [1.165, 1.54) is 22.7 Å². The van der Waals surface area contributed by atoms with Gasteiger partial charge in [0.05, 0.1) is 0 Å². The summed E-state index contributed by atoms with van der Waals surface area (Å²) in [4.78, 5) is 24.3. The Morgan fingerprint density at radius 3 is 2.82 bits per heavy atom. The molecule has 94 valence electrons. The van der Waals surface area contributed by atoms with Crippen molar-refractivity contribution in [3.8, 4) is 0 Å². The Kier molecular flexibility index (Phi) is 3.33. The zero-order chi connectivity index (χ0) is 12.8. The topological polar surface area (TPSA) is 83.6 Å². The van der Waals surface area contributed by atoms with Crippen molar-refractivity contribution in [2.24, 2.45) is 11.1 Å². The van der Waals surface area contributed by atoms with E-state index in [2.05, 4.69) is 0 Å². The molecule has 3 N–H and O–H groups in total. The van der Waals surface area contributed by atoms with Gasteiger partial charge in [0.2, 0.25) is 5.91 Å². The van der Waals surface area contributed by atoms with Crippen LogP contribution in [0.15, 0.2) is 10.6 Å². The monoisotopic (exact) mass is 296 g/mol. The van der Waals surface area contributed by atoms with Gasteiger partial charge in [-0.05, 0) is 6.08 Å². The Morgan fingerprint density at radius 2 is 2.29 bits per heavy atom. The van der Waals surface area contributed by atoms with Gasteiger partial charge in [-0.1, -0.05) is 23.2 Å². The SMILES string of the molecule is NC1C(=O)N2CC(C=C(Cl)Cl)(C(=O)O)CS[C@H]12. The number of amides is 1. The van der Waals surface area contributed by atoms with E-state index in [9.17, 15) is 14.7 Å². The summed E-state index contributed by atoms with van der Waals surface area (Å²) in [6, 6.07) is -0.526. The Morgan fingerprint density at radius 1 is 1.65 bits per heavy atom. The lowest BCUT2D eigenvalue weighted by Crippen LogP contribution is -2.71. The molecule has 0 aromatic heterocycles. The van der Waals surface area contributed by atoms with E-state index in [1.807, 2.05) is 0 Å². The molecule has 1 amide bonds. The predicted octanol–water partition coefficient (Wildman–Crippen LogP) is 0.619. The summed E-state index contributed by atoms with van der Waals surface area (Å²) in [5, 5.41) is 9.15. The Hall–Kier alpha value is -0.430. The molecule has 8 heteroatoms. The van der Waals surface area contributed by atoms with Crippen LogP contribution in [0.3, 0.4) is 0 Å². The van der Waals surface area contributed by atoms with Crippen LogP contribution in [0.25, 0.3) is 0 Å². The number of carbonyl (C=O) groups is 2. The third kappa shape index (κ3) is 2.03. The first-order chi connectivity index (χ1) is 7.87. The van der Waals surface area contributed by atoms with Crippen molar-refractivity contribution in [2.75, 3.05) is 12.3 Å². The third-order valence-electron chi connectivity index (χ3n) is 2.96. The highest BCUT2D eigenvalue weighted by molar-refractivity contribution is 8.00. The number of aliphatic carboxylic acids is 1. The highest BCUT2D eigenvalue weighted by Gasteiger charge is 2.55. The molecule has 2 saturated heterocycles. The summed E-state index contributed by atoms with van der Waals surface area (Å²) >= 11 is 12.4. The lowest BCUT2D eigenvalue weighted by atomic mass is 9.87. The maximum atomic E-state index is 11.5. The van der Waals surface area contributed by atoms with Crippen molar-refractivity contribution in [3.05, 3.63) is 10.6 Å². The van der Waals surface area contributed by atoms with Crippen LogP contribution >= 0.6 is 35.0 Å². The molecule has 0 aromatic carbocycles. The Labute approximate surface area is 112 Å². The molecule has 0 spiro atoms. The molecule has 0 aliphatic carbocycles. The summed E-state index contributed by atoms with van der Waals surface area (Å²) < 4.78 is -0.108. The first kappa shape index (κ1) is 13.0. The number of hydrogen-bond acceptors (Lipinski definition) is 4. The minimum Gasteiger partial charge on any atom is -0.481 e. The molecule has 2 unspecified atom stereocenters. The van der Waals surface area contributed by atoms with E-state index in [4.69, 9.17) is 28.9 Å². The smallest absolute Gasteiger partial charge is 0.316 e. The van der Waals surface area contributed by atoms with E-state index in [-0.39, 0.29) is 22.3 Å². The van der Waals surface area contributed by atoms with Crippen LogP contribution in [-0.4, -0.2) is 45.6 Å². The molecule has 0 aromatic rings. The molecule has 0 saturated carbocycles. The lowest BCUT2D eigenvalue weighted by molar-refractivity contribution is -0.153. The summed E-state index contributed by atoms with van der Waals surface area (Å²) in [7, 11) is 0. The maximum absolute atomic E-state index is 11.5. The highest BCUT2D eigenvalue weighted by atomic mass is 35.5. The zero-order valence-corrected chi connectivity index (χ0v) is 10.9.